The lowest BCUT2D eigenvalue weighted by molar-refractivity contribution is 0.0719. The Labute approximate surface area is 159 Å². The third-order valence-corrected chi connectivity index (χ3v) is 4.09. The largest absolute Gasteiger partial charge is 0.486 e. The van der Waals surface area contributed by atoms with E-state index < -0.39 is 0 Å². The molecule has 5 nitrogen and oxygen atoms in total. The predicted octanol–water partition coefficient (Wildman–Crippen LogP) is 4.49. The van der Waals surface area contributed by atoms with E-state index in [1.54, 1.807) is 30.5 Å². The second-order valence-corrected chi connectivity index (χ2v) is 6.37. The van der Waals surface area contributed by atoms with Gasteiger partial charge in [0.1, 0.15) is 23.9 Å². The van der Waals surface area contributed by atoms with Gasteiger partial charge in [-0.2, -0.15) is 0 Å². The maximum Gasteiger partial charge on any atom is 0.290 e. The zero-order valence-electron chi connectivity index (χ0n) is 13.9. The number of terminal acetylenes is 1. The lowest BCUT2D eigenvalue weighted by atomic mass is 10.3. The van der Waals surface area contributed by atoms with E-state index in [0.717, 1.165) is 4.47 Å². The Kier molecular flexibility index (Phi) is 5.82. The fraction of sp³-hybridized carbons (Fsp3) is 0.150. The summed E-state index contributed by atoms with van der Waals surface area (Å²) in [7, 11) is 0. The molecule has 0 bridgehead atoms. The van der Waals surface area contributed by atoms with Crippen molar-refractivity contribution in [3.05, 3.63) is 76.5 Å². The maximum atomic E-state index is 12.6. The Morgan fingerprint density at radius 2 is 1.96 bits per heavy atom. The smallest absolute Gasteiger partial charge is 0.290 e. The molecule has 0 fully saturated rings. The van der Waals surface area contributed by atoms with Crippen molar-refractivity contribution in [2.45, 2.75) is 13.2 Å². The number of nitrogens with zero attached hydrogens (tertiary/aromatic N) is 1. The number of ether oxygens (including phenoxy) is 1. The van der Waals surface area contributed by atoms with E-state index >= 15 is 0 Å². The number of hydrogen-bond donors (Lipinski definition) is 0. The van der Waals surface area contributed by atoms with Crippen molar-refractivity contribution in [1.82, 2.24) is 4.90 Å². The predicted molar refractivity (Wildman–Crippen MR) is 99.5 cm³/mol. The van der Waals surface area contributed by atoms with Crippen LogP contribution in [0.3, 0.4) is 0 Å². The van der Waals surface area contributed by atoms with E-state index in [1.807, 2.05) is 24.3 Å². The molecule has 6 heteroatoms. The van der Waals surface area contributed by atoms with Gasteiger partial charge >= 0.3 is 0 Å². The van der Waals surface area contributed by atoms with Crippen LogP contribution in [0, 0.1) is 12.3 Å². The first kappa shape index (κ1) is 17.9. The van der Waals surface area contributed by atoms with Crippen molar-refractivity contribution in [3.63, 3.8) is 0 Å². The molecule has 2 aromatic heterocycles. The van der Waals surface area contributed by atoms with E-state index in [4.69, 9.17) is 20.0 Å². The van der Waals surface area contributed by atoms with Crippen molar-refractivity contribution in [2.75, 3.05) is 6.54 Å². The number of hydrogen-bond acceptors (Lipinski definition) is 4. The molecular weight excluding hydrogens is 398 g/mol. The summed E-state index contributed by atoms with van der Waals surface area (Å²) in [5.74, 6) is 4.31. The van der Waals surface area contributed by atoms with Gasteiger partial charge < -0.3 is 18.5 Å². The highest BCUT2D eigenvalue weighted by atomic mass is 79.9. The number of benzene rings is 1. The van der Waals surface area contributed by atoms with Crippen molar-refractivity contribution < 1.29 is 18.4 Å². The van der Waals surface area contributed by atoms with Crippen LogP contribution < -0.4 is 4.74 Å². The molecule has 132 valence electrons. The van der Waals surface area contributed by atoms with Crippen LogP contribution in [0.15, 0.2) is 68.1 Å². The molecule has 0 radical (unpaired) electrons. The fourth-order valence-corrected chi connectivity index (χ4v) is 2.58. The minimum atomic E-state index is -0.297. The van der Waals surface area contributed by atoms with E-state index in [-0.39, 0.29) is 31.4 Å². The molecule has 3 rings (SSSR count). The number of rotatable bonds is 7. The van der Waals surface area contributed by atoms with Gasteiger partial charge in [0.15, 0.2) is 5.76 Å². The summed E-state index contributed by atoms with van der Waals surface area (Å²) < 4.78 is 17.5. The molecule has 0 saturated carbocycles. The summed E-state index contributed by atoms with van der Waals surface area (Å²) >= 11 is 3.37. The highest BCUT2D eigenvalue weighted by Crippen LogP contribution is 2.19. The Hall–Kier alpha value is -2.91. The lowest BCUT2D eigenvalue weighted by Gasteiger charge is -2.17. The number of halogens is 1. The first-order chi connectivity index (χ1) is 12.7. The summed E-state index contributed by atoms with van der Waals surface area (Å²) in [6, 6.07) is 14.3. The van der Waals surface area contributed by atoms with E-state index in [0.29, 0.717) is 17.3 Å². The third kappa shape index (κ3) is 4.58. The summed E-state index contributed by atoms with van der Waals surface area (Å²) in [6.07, 6.45) is 6.93. The van der Waals surface area contributed by atoms with Crippen molar-refractivity contribution >= 4 is 21.8 Å². The normalized spacial score (nSPS) is 10.3. The molecule has 0 N–H and O–H groups in total. The van der Waals surface area contributed by atoms with Crippen LogP contribution in [0.4, 0.5) is 0 Å². The highest BCUT2D eigenvalue weighted by molar-refractivity contribution is 9.10. The Morgan fingerprint density at radius 3 is 2.65 bits per heavy atom. The molecule has 0 aliphatic carbocycles. The van der Waals surface area contributed by atoms with Crippen LogP contribution in [0.1, 0.15) is 22.1 Å². The van der Waals surface area contributed by atoms with Gasteiger partial charge in [-0.05, 0) is 48.5 Å². The van der Waals surface area contributed by atoms with Crippen LogP contribution in [0.2, 0.25) is 0 Å². The topological polar surface area (TPSA) is 55.8 Å². The standard InChI is InChI=1S/C20H16BrNO4/c1-2-11-22(13-17-4-3-12-24-17)20(23)19-10-9-18(26-19)14-25-16-7-5-15(21)6-8-16/h1,3-10,12H,11,13-14H2. The zero-order chi connectivity index (χ0) is 18.4. The quantitative estimate of drug-likeness (QED) is 0.535. The average Bonchev–Trinajstić information content (AvgIpc) is 3.32. The number of carbonyl (C=O) groups excluding carboxylic acids is 1. The van der Waals surface area contributed by atoms with Crippen LogP contribution in [0.5, 0.6) is 5.75 Å². The summed E-state index contributed by atoms with van der Waals surface area (Å²) in [5.41, 5.74) is 0. The molecule has 0 aliphatic heterocycles. The van der Waals surface area contributed by atoms with Crippen LogP contribution in [0.25, 0.3) is 0 Å². The molecule has 26 heavy (non-hydrogen) atoms. The van der Waals surface area contributed by atoms with Gasteiger partial charge in [-0.25, -0.2) is 0 Å². The molecule has 0 atom stereocenters. The van der Waals surface area contributed by atoms with Crippen molar-refractivity contribution in [1.29, 1.82) is 0 Å². The zero-order valence-corrected chi connectivity index (χ0v) is 15.4. The molecule has 0 spiro atoms. The number of amides is 1. The molecular formula is C20H16BrNO4. The second-order valence-electron chi connectivity index (χ2n) is 5.45. The van der Waals surface area contributed by atoms with Crippen LogP contribution in [-0.2, 0) is 13.2 Å². The van der Waals surface area contributed by atoms with Gasteiger partial charge in [-0.3, -0.25) is 4.79 Å². The molecule has 0 unspecified atom stereocenters. The maximum absolute atomic E-state index is 12.6. The van der Waals surface area contributed by atoms with Crippen molar-refractivity contribution in [3.8, 4) is 18.1 Å². The monoisotopic (exact) mass is 413 g/mol. The van der Waals surface area contributed by atoms with Crippen molar-refractivity contribution in [2.24, 2.45) is 0 Å². The average molecular weight is 414 g/mol. The lowest BCUT2D eigenvalue weighted by Crippen LogP contribution is -2.30. The Morgan fingerprint density at radius 1 is 1.15 bits per heavy atom. The van der Waals surface area contributed by atoms with Gasteiger partial charge in [-0.15, -0.1) is 6.42 Å². The second kappa shape index (κ2) is 8.45. The van der Waals surface area contributed by atoms with Gasteiger partial charge in [0.2, 0.25) is 0 Å². The molecule has 1 amide bonds. The summed E-state index contributed by atoms with van der Waals surface area (Å²) in [4.78, 5) is 14.1. The highest BCUT2D eigenvalue weighted by Gasteiger charge is 2.20. The molecule has 3 aromatic rings. The Balaban J connectivity index is 1.64. The van der Waals surface area contributed by atoms with E-state index in [2.05, 4.69) is 21.9 Å². The van der Waals surface area contributed by atoms with Gasteiger partial charge in [0.05, 0.1) is 19.4 Å². The molecule has 2 heterocycles. The summed E-state index contributed by atoms with van der Waals surface area (Å²) in [6.45, 7) is 0.661. The SMILES string of the molecule is C#CCN(Cc1ccco1)C(=O)c1ccc(COc2ccc(Br)cc2)o1. The number of carbonyl (C=O) groups is 1. The number of furan rings is 2. The van der Waals surface area contributed by atoms with E-state index in [9.17, 15) is 4.79 Å². The van der Waals surface area contributed by atoms with E-state index in [1.165, 1.54) is 4.90 Å². The fourth-order valence-electron chi connectivity index (χ4n) is 2.31. The Bertz CT molecular complexity index is 891. The molecule has 1 aromatic carbocycles. The minimum absolute atomic E-state index is 0.158. The van der Waals surface area contributed by atoms with Crippen LogP contribution >= 0.6 is 15.9 Å². The molecule has 0 aliphatic rings. The minimum Gasteiger partial charge on any atom is -0.486 e. The first-order valence-electron chi connectivity index (χ1n) is 7.88. The van der Waals surface area contributed by atoms with Gasteiger partial charge in [-0.1, -0.05) is 21.9 Å². The van der Waals surface area contributed by atoms with Gasteiger partial charge in [0, 0.05) is 4.47 Å². The molecule has 0 saturated heterocycles. The van der Waals surface area contributed by atoms with Gasteiger partial charge in [0.25, 0.3) is 5.91 Å². The first-order valence-corrected chi connectivity index (χ1v) is 8.67. The third-order valence-electron chi connectivity index (χ3n) is 3.56. The summed E-state index contributed by atoms with van der Waals surface area (Å²) in [5, 5.41) is 0. The van der Waals surface area contributed by atoms with Crippen LogP contribution in [-0.4, -0.2) is 17.4 Å².